The number of carboxylic acids is 1. The summed E-state index contributed by atoms with van der Waals surface area (Å²) >= 11 is 0. The molecule has 86 valence electrons. The molecule has 3 N–H and O–H groups in total. The minimum Gasteiger partial charge on any atom is -0.480 e. The summed E-state index contributed by atoms with van der Waals surface area (Å²) in [5.41, 5.74) is 0. The van der Waals surface area contributed by atoms with E-state index in [1.807, 2.05) is 6.92 Å². The van der Waals surface area contributed by atoms with Crippen LogP contribution in [0.5, 0.6) is 0 Å². The van der Waals surface area contributed by atoms with Gasteiger partial charge in [-0.3, -0.25) is 4.79 Å². The quantitative estimate of drug-likeness (QED) is 0.652. The molecule has 5 nitrogen and oxygen atoms in total. The van der Waals surface area contributed by atoms with Crippen LogP contribution in [0.4, 0.5) is 4.79 Å². The first-order valence-corrected chi connectivity index (χ1v) is 5.35. The van der Waals surface area contributed by atoms with E-state index < -0.39 is 12.0 Å². The number of urea groups is 1. The molecule has 15 heavy (non-hydrogen) atoms. The largest absolute Gasteiger partial charge is 0.480 e. The van der Waals surface area contributed by atoms with Gasteiger partial charge in [0.2, 0.25) is 0 Å². The Morgan fingerprint density at radius 1 is 1.40 bits per heavy atom. The second-order valence-electron chi connectivity index (χ2n) is 4.05. The molecule has 0 bridgehead atoms. The van der Waals surface area contributed by atoms with Gasteiger partial charge in [0.1, 0.15) is 6.54 Å². The maximum atomic E-state index is 11.2. The molecule has 0 saturated heterocycles. The summed E-state index contributed by atoms with van der Waals surface area (Å²) in [5.74, 6) is -0.487. The normalized spacial score (nSPS) is 18.5. The van der Waals surface area contributed by atoms with E-state index in [1.165, 1.54) is 12.8 Å². The van der Waals surface area contributed by atoms with Crippen LogP contribution in [0.2, 0.25) is 0 Å². The maximum Gasteiger partial charge on any atom is 0.323 e. The van der Waals surface area contributed by atoms with Crippen LogP contribution in [-0.4, -0.2) is 29.7 Å². The third kappa shape index (κ3) is 4.18. The predicted molar refractivity (Wildman–Crippen MR) is 55.6 cm³/mol. The molecular formula is C10H18N2O3. The van der Waals surface area contributed by atoms with Gasteiger partial charge in [-0.15, -0.1) is 0 Å². The van der Waals surface area contributed by atoms with E-state index in [0.29, 0.717) is 5.92 Å². The Kier molecular flexibility index (Phi) is 4.39. The fourth-order valence-corrected chi connectivity index (χ4v) is 1.99. The summed E-state index contributed by atoms with van der Waals surface area (Å²) in [6.45, 7) is 1.64. The molecule has 1 rings (SSSR count). The zero-order valence-electron chi connectivity index (χ0n) is 8.95. The van der Waals surface area contributed by atoms with Gasteiger partial charge in [-0.2, -0.15) is 0 Å². The third-order valence-corrected chi connectivity index (χ3v) is 2.87. The molecule has 0 aliphatic heterocycles. The molecule has 1 fully saturated rings. The summed E-state index contributed by atoms with van der Waals surface area (Å²) in [6, 6.07) is -0.266. The predicted octanol–water partition coefficient (Wildman–Crippen LogP) is 0.949. The van der Waals surface area contributed by atoms with E-state index in [4.69, 9.17) is 5.11 Å². The van der Waals surface area contributed by atoms with E-state index >= 15 is 0 Å². The Balaban J connectivity index is 2.21. The lowest BCUT2D eigenvalue weighted by Crippen LogP contribution is -2.45. The molecule has 0 radical (unpaired) electrons. The summed E-state index contributed by atoms with van der Waals surface area (Å²) in [4.78, 5) is 21.4. The van der Waals surface area contributed by atoms with Crippen molar-refractivity contribution in [2.45, 2.75) is 38.6 Å². The standard InChI is InChI=1S/C10H18N2O3/c1-7(8-4-2-3-5-8)12-10(15)11-6-9(13)14/h7-8H,2-6H2,1H3,(H,13,14)(H2,11,12,15). The molecule has 0 spiro atoms. The Morgan fingerprint density at radius 2 is 2.00 bits per heavy atom. The average molecular weight is 214 g/mol. The van der Waals surface area contributed by atoms with Gasteiger partial charge >= 0.3 is 12.0 Å². The molecule has 0 aromatic rings. The van der Waals surface area contributed by atoms with Gasteiger partial charge in [0, 0.05) is 6.04 Å². The first-order chi connectivity index (χ1) is 7.09. The molecule has 1 saturated carbocycles. The topological polar surface area (TPSA) is 78.4 Å². The highest BCUT2D eigenvalue weighted by atomic mass is 16.4. The smallest absolute Gasteiger partial charge is 0.323 e. The minimum atomic E-state index is -1.03. The van der Waals surface area contributed by atoms with Crippen molar-refractivity contribution in [3.05, 3.63) is 0 Å². The monoisotopic (exact) mass is 214 g/mol. The SMILES string of the molecule is CC(NC(=O)NCC(=O)O)C1CCCC1. The van der Waals surface area contributed by atoms with Crippen LogP contribution in [0.1, 0.15) is 32.6 Å². The van der Waals surface area contributed by atoms with Crippen LogP contribution in [0.15, 0.2) is 0 Å². The van der Waals surface area contributed by atoms with E-state index in [2.05, 4.69) is 10.6 Å². The number of carbonyl (C=O) groups excluding carboxylic acids is 1. The van der Waals surface area contributed by atoms with E-state index in [-0.39, 0.29) is 12.6 Å². The number of hydrogen-bond donors (Lipinski definition) is 3. The molecule has 0 heterocycles. The summed E-state index contributed by atoms with van der Waals surface area (Å²) < 4.78 is 0. The zero-order chi connectivity index (χ0) is 11.3. The minimum absolute atomic E-state index is 0.126. The highest BCUT2D eigenvalue weighted by Crippen LogP contribution is 2.27. The van der Waals surface area contributed by atoms with Gasteiger partial charge in [0.25, 0.3) is 0 Å². The van der Waals surface area contributed by atoms with Crippen molar-refractivity contribution in [1.29, 1.82) is 0 Å². The van der Waals surface area contributed by atoms with E-state index in [1.54, 1.807) is 0 Å². The van der Waals surface area contributed by atoms with Gasteiger partial charge in [-0.25, -0.2) is 4.79 Å². The number of aliphatic carboxylic acids is 1. The van der Waals surface area contributed by atoms with Crippen molar-refractivity contribution in [2.75, 3.05) is 6.54 Å². The van der Waals surface area contributed by atoms with Crippen molar-refractivity contribution in [1.82, 2.24) is 10.6 Å². The Bertz CT molecular complexity index is 237. The van der Waals surface area contributed by atoms with E-state index in [0.717, 1.165) is 12.8 Å². The van der Waals surface area contributed by atoms with Crippen molar-refractivity contribution in [3.63, 3.8) is 0 Å². The lowest BCUT2D eigenvalue weighted by atomic mass is 10.0. The lowest BCUT2D eigenvalue weighted by Gasteiger charge is -2.20. The van der Waals surface area contributed by atoms with Gasteiger partial charge in [-0.1, -0.05) is 12.8 Å². The summed E-state index contributed by atoms with van der Waals surface area (Å²) in [7, 11) is 0. The fraction of sp³-hybridized carbons (Fsp3) is 0.800. The summed E-state index contributed by atoms with van der Waals surface area (Å²) in [6.07, 6.45) is 4.77. The number of nitrogens with one attached hydrogen (secondary N) is 2. The number of amides is 2. The summed E-state index contributed by atoms with van der Waals surface area (Å²) in [5, 5.41) is 13.4. The molecular weight excluding hydrogens is 196 g/mol. The number of rotatable bonds is 4. The molecule has 0 aromatic carbocycles. The number of hydrogen-bond acceptors (Lipinski definition) is 2. The van der Waals surface area contributed by atoms with E-state index in [9.17, 15) is 9.59 Å². The Labute approximate surface area is 89.2 Å². The van der Waals surface area contributed by atoms with Crippen molar-refractivity contribution in [2.24, 2.45) is 5.92 Å². The Hall–Kier alpha value is -1.26. The Morgan fingerprint density at radius 3 is 2.53 bits per heavy atom. The third-order valence-electron chi connectivity index (χ3n) is 2.87. The number of carboxylic acid groups (broad SMARTS) is 1. The first-order valence-electron chi connectivity index (χ1n) is 5.35. The average Bonchev–Trinajstić information content (AvgIpc) is 2.67. The van der Waals surface area contributed by atoms with Gasteiger partial charge in [0.15, 0.2) is 0 Å². The second kappa shape index (κ2) is 5.58. The van der Waals surface area contributed by atoms with Gasteiger partial charge in [0.05, 0.1) is 0 Å². The van der Waals surface area contributed by atoms with Crippen molar-refractivity contribution in [3.8, 4) is 0 Å². The first kappa shape index (κ1) is 11.8. The molecule has 1 atom stereocenters. The number of carbonyl (C=O) groups is 2. The van der Waals surface area contributed by atoms with Crippen LogP contribution in [0.3, 0.4) is 0 Å². The van der Waals surface area contributed by atoms with Crippen LogP contribution in [0.25, 0.3) is 0 Å². The molecule has 1 unspecified atom stereocenters. The van der Waals surface area contributed by atoms with Gasteiger partial charge < -0.3 is 15.7 Å². The second-order valence-corrected chi connectivity index (χ2v) is 4.05. The molecule has 5 heteroatoms. The molecule has 1 aliphatic rings. The van der Waals surface area contributed by atoms with Crippen LogP contribution >= 0.6 is 0 Å². The van der Waals surface area contributed by atoms with Crippen LogP contribution in [-0.2, 0) is 4.79 Å². The van der Waals surface area contributed by atoms with Gasteiger partial charge in [-0.05, 0) is 25.7 Å². The van der Waals surface area contributed by atoms with Crippen molar-refractivity contribution >= 4 is 12.0 Å². The fourth-order valence-electron chi connectivity index (χ4n) is 1.99. The molecule has 2 amide bonds. The maximum absolute atomic E-state index is 11.2. The molecule has 1 aliphatic carbocycles. The lowest BCUT2D eigenvalue weighted by molar-refractivity contribution is -0.135. The molecule has 0 aromatic heterocycles. The van der Waals surface area contributed by atoms with Crippen LogP contribution < -0.4 is 10.6 Å². The zero-order valence-corrected chi connectivity index (χ0v) is 8.95. The highest BCUT2D eigenvalue weighted by molar-refractivity contribution is 5.79. The van der Waals surface area contributed by atoms with Crippen LogP contribution in [0, 0.1) is 5.92 Å². The highest BCUT2D eigenvalue weighted by Gasteiger charge is 2.22. The van der Waals surface area contributed by atoms with Crippen molar-refractivity contribution < 1.29 is 14.7 Å².